The van der Waals surface area contributed by atoms with Gasteiger partial charge in [-0.3, -0.25) is 4.90 Å². The Morgan fingerprint density at radius 1 is 1.77 bits per heavy atom. The van der Waals surface area contributed by atoms with E-state index in [0.717, 1.165) is 25.4 Å². The van der Waals surface area contributed by atoms with E-state index in [4.69, 9.17) is 4.52 Å². The summed E-state index contributed by atoms with van der Waals surface area (Å²) in [4.78, 5) is 2.38. The molecule has 1 aromatic heterocycles. The van der Waals surface area contributed by atoms with Crippen molar-refractivity contribution in [3.8, 4) is 0 Å². The summed E-state index contributed by atoms with van der Waals surface area (Å²) in [7, 11) is 2.02. The Morgan fingerprint density at radius 2 is 2.69 bits per heavy atom. The Balaban J connectivity index is 1.84. The third kappa shape index (κ3) is 2.08. The maximum absolute atomic E-state index is 5.05. The van der Waals surface area contributed by atoms with Gasteiger partial charge in [0.25, 0.3) is 0 Å². The first-order valence-corrected chi connectivity index (χ1v) is 4.67. The number of likely N-dealkylation sites (N-methyl/N-ethyl adjacent to an activating group) is 1. The van der Waals surface area contributed by atoms with E-state index in [0.29, 0.717) is 6.04 Å². The number of nitrogens with zero attached hydrogens (tertiary/aromatic N) is 2. The van der Waals surface area contributed by atoms with Gasteiger partial charge in [0.1, 0.15) is 0 Å². The van der Waals surface area contributed by atoms with Gasteiger partial charge in [0.05, 0.1) is 12.7 Å². The van der Waals surface area contributed by atoms with Crippen LogP contribution in [0.15, 0.2) is 16.8 Å². The van der Waals surface area contributed by atoms with Gasteiger partial charge in [0.15, 0.2) is 5.76 Å². The molecule has 1 fully saturated rings. The van der Waals surface area contributed by atoms with Gasteiger partial charge in [-0.1, -0.05) is 5.16 Å². The normalized spacial score (nSPS) is 23.9. The van der Waals surface area contributed by atoms with E-state index in [-0.39, 0.29) is 0 Å². The van der Waals surface area contributed by atoms with Gasteiger partial charge < -0.3 is 9.84 Å². The van der Waals surface area contributed by atoms with E-state index in [1.54, 1.807) is 6.20 Å². The van der Waals surface area contributed by atoms with Crippen LogP contribution in [0.1, 0.15) is 12.2 Å². The monoisotopic (exact) mass is 181 g/mol. The molecule has 1 atom stereocenters. The molecule has 0 amide bonds. The first-order valence-electron chi connectivity index (χ1n) is 4.67. The Kier molecular flexibility index (Phi) is 2.61. The summed E-state index contributed by atoms with van der Waals surface area (Å²) < 4.78 is 5.05. The average Bonchev–Trinajstić information content (AvgIpc) is 2.76. The fourth-order valence-electron chi connectivity index (χ4n) is 1.76. The van der Waals surface area contributed by atoms with E-state index in [1.807, 2.05) is 13.1 Å². The summed E-state index contributed by atoms with van der Waals surface area (Å²) >= 11 is 0. The third-order valence-corrected chi connectivity index (χ3v) is 2.55. The predicted molar refractivity (Wildman–Crippen MR) is 49.2 cm³/mol. The number of likely N-dealkylation sites (tertiary alicyclic amines) is 1. The maximum Gasteiger partial charge on any atom is 0.150 e. The van der Waals surface area contributed by atoms with Gasteiger partial charge in [0.2, 0.25) is 0 Å². The highest BCUT2D eigenvalue weighted by Crippen LogP contribution is 2.12. The second-order valence-corrected chi connectivity index (χ2v) is 3.49. The highest BCUT2D eigenvalue weighted by atomic mass is 16.5. The highest BCUT2D eigenvalue weighted by molar-refractivity contribution is 4.94. The molecule has 0 aliphatic carbocycles. The summed E-state index contributed by atoms with van der Waals surface area (Å²) in [6.07, 6.45) is 2.92. The number of nitrogens with one attached hydrogen (secondary N) is 1. The van der Waals surface area contributed by atoms with Crippen molar-refractivity contribution in [3.63, 3.8) is 0 Å². The van der Waals surface area contributed by atoms with Crippen molar-refractivity contribution in [3.05, 3.63) is 18.0 Å². The Labute approximate surface area is 77.9 Å². The molecule has 0 spiro atoms. The summed E-state index contributed by atoms with van der Waals surface area (Å²) in [6, 6.07) is 2.56. The Morgan fingerprint density at radius 3 is 3.31 bits per heavy atom. The molecule has 13 heavy (non-hydrogen) atoms. The molecule has 1 N–H and O–H groups in total. The highest BCUT2D eigenvalue weighted by Gasteiger charge is 2.21. The molecule has 1 aromatic rings. The molecule has 0 bridgehead atoms. The van der Waals surface area contributed by atoms with Crippen LogP contribution in [-0.2, 0) is 6.54 Å². The van der Waals surface area contributed by atoms with Gasteiger partial charge >= 0.3 is 0 Å². The van der Waals surface area contributed by atoms with Gasteiger partial charge in [0, 0.05) is 25.2 Å². The van der Waals surface area contributed by atoms with E-state index >= 15 is 0 Å². The Bertz CT molecular complexity index is 247. The van der Waals surface area contributed by atoms with Crippen molar-refractivity contribution in [1.29, 1.82) is 0 Å². The van der Waals surface area contributed by atoms with Gasteiger partial charge in [-0.15, -0.1) is 0 Å². The first kappa shape index (κ1) is 8.72. The van der Waals surface area contributed by atoms with Crippen LogP contribution in [0, 0.1) is 0 Å². The maximum atomic E-state index is 5.05. The molecule has 0 saturated carbocycles. The minimum Gasteiger partial charge on any atom is -0.360 e. The van der Waals surface area contributed by atoms with E-state index in [2.05, 4.69) is 15.4 Å². The summed E-state index contributed by atoms with van der Waals surface area (Å²) in [5, 5.41) is 6.97. The van der Waals surface area contributed by atoms with Crippen molar-refractivity contribution in [2.75, 3.05) is 20.1 Å². The molecule has 2 heterocycles. The molecule has 4 nitrogen and oxygen atoms in total. The topological polar surface area (TPSA) is 41.3 Å². The zero-order chi connectivity index (χ0) is 9.10. The van der Waals surface area contributed by atoms with Crippen LogP contribution in [0.3, 0.4) is 0 Å². The van der Waals surface area contributed by atoms with Crippen LogP contribution < -0.4 is 5.32 Å². The molecule has 0 aromatic carbocycles. The van der Waals surface area contributed by atoms with Crippen LogP contribution >= 0.6 is 0 Å². The fraction of sp³-hybridized carbons (Fsp3) is 0.667. The first-order chi connectivity index (χ1) is 6.38. The molecule has 1 aliphatic rings. The fourth-order valence-corrected chi connectivity index (χ4v) is 1.76. The molecule has 1 aliphatic heterocycles. The quantitative estimate of drug-likeness (QED) is 0.736. The van der Waals surface area contributed by atoms with Crippen LogP contribution in [0.2, 0.25) is 0 Å². The van der Waals surface area contributed by atoms with Crippen LogP contribution in [0.4, 0.5) is 0 Å². The van der Waals surface area contributed by atoms with Gasteiger partial charge in [-0.2, -0.15) is 0 Å². The lowest BCUT2D eigenvalue weighted by molar-refractivity contribution is 0.269. The average molecular weight is 181 g/mol. The minimum absolute atomic E-state index is 0.642. The number of aromatic nitrogens is 1. The lowest BCUT2D eigenvalue weighted by Crippen LogP contribution is -2.29. The summed E-state index contributed by atoms with van der Waals surface area (Å²) in [5.41, 5.74) is 0. The third-order valence-electron chi connectivity index (χ3n) is 2.55. The van der Waals surface area contributed by atoms with Crippen molar-refractivity contribution < 1.29 is 4.52 Å². The van der Waals surface area contributed by atoms with Gasteiger partial charge in [-0.05, 0) is 13.5 Å². The predicted octanol–water partition coefficient (Wildman–Crippen LogP) is 0.468. The van der Waals surface area contributed by atoms with Crippen LogP contribution in [-0.4, -0.2) is 36.2 Å². The number of rotatable bonds is 3. The molecule has 1 unspecified atom stereocenters. The molecule has 72 valence electrons. The van der Waals surface area contributed by atoms with Crippen LogP contribution in [0.5, 0.6) is 0 Å². The van der Waals surface area contributed by atoms with Crippen molar-refractivity contribution in [2.24, 2.45) is 0 Å². The van der Waals surface area contributed by atoms with E-state index in [9.17, 15) is 0 Å². The summed E-state index contributed by atoms with van der Waals surface area (Å²) in [6.45, 7) is 3.14. The molecule has 2 rings (SSSR count). The second-order valence-electron chi connectivity index (χ2n) is 3.49. The minimum atomic E-state index is 0.642. The number of hydrogen-bond acceptors (Lipinski definition) is 4. The summed E-state index contributed by atoms with van der Waals surface area (Å²) in [5.74, 6) is 0.955. The largest absolute Gasteiger partial charge is 0.360 e. The molecule has 0 radical (unpaired) electrons. The van der Waals surface area contributed by atoms with Crippen molar-refractivity contribution >= 4 is 0 Å². The van der Waals surface area contributed by atoms with Crippen LogP contribution in [0.25, 0.3) is 0 Å². The Hall–Kier alpha value is -0.870. The molecular formula is C9H15N3O. The lowest BCUT2D eigenvalue weighted by atomic mass is 10.3. The molecular weight excluding hydrogens is 166 g/mol. The van der Waals surface area contributed by atoms with E-state index < -0.39 is 0 Å². The van der Waals surface area contributed by atoms with Crippen molar-refractivity contribution in [1.82, 2.24) is 15.4 Å². The molecule has 1 saturated heterocycles. The van der Waals surface area contributed by atoms with Crippen molar-refractivity contribution in [2.45, 2.75) is 19.0 Å². The second kappa shape index (κ2) is 3.89. The zero-order valence-electron chi connectivity index (χ0n) is 7.86. The smallest absolute Gasteiger partial charge is 0.150 e. The lowest BCUT2D eigenvalue weighted by Gasteiger charge is -2.13. The molecule has 4 heteroatoms. The van der Waals surface area contributed by atoms with E-state index in [1.165, 1.54) is 6.42 Å². The standard InChI is InChI=1S/C9H15N3O/c1-10-8-3-5-12(6-8)7-9-2-4-11-13-9/h2,4,8,10H,3,5-7H2,1H3. The SMILES string of the molecule is CNC1CCN(Cc2ccno2)C1. The zero-order valence-corrected chi connectivity index (χ0v) is 7.86. The van der Waals surface area contributed by atoms with Gasteiger partial charge in [-0.25, -0.2) is 0 Å². The number of hydrogen-bond donors (Lipinski definition) is 1.